The third kappa shape index (κ3) is 30.1. The van der Waals surface area contributed by atoms with E-state index in [1.165, 1.54) is 74.7 Å². The summed E-state index contributed by atoms with van der Waals surface area (Å²) in [6.45, 7) is 1.31. The van der Waals surface area contributed by atoms with Crippen LogP contribution in [0.15, 0.2) is 102 Å². The van der Waals surface area contributed by atoms with Crippen LogP contribution in [0, 0.1) is 0 Å². The van der Waals surface area contributed by atoms with E-state index in [0.717, 1.165) is 31.5 Å². The van der Waals surface area contributed by atoms with Gasteiger partial charge in [0.25, 0.3) is 0 Å². The molecule has 21 N–H and O–H groups in total. The van der Waals surface area contributed by atoms with E-state index in [2.05, 4.69) is 63.1 Å². The van der Waals surface area contributed by atoms with Gasteiger partial charge in [-0.15, -0.1) is 11.8 Å². The molecular weight excluding hydrogens is 1830 g/mol. The number of phenols is 1. The normalized spacial score (nSPS) is 24.7. The molecule has 3 aromatic carbocycles. The van der Waals surface area contributed by atoms with Crippen LogP contribution in [-0.4, -0.2) is 339 Å². The fraction of sp³-hybridized carbons (Fsp3) is 0.511. The van der Waals surface area contributed by atoms with Gasteiger partial charge in [0.2, 0.25) is 100 Å². The van der Waals surface area contributed by atoms with Crippen LogP contribution in [0.3, 0.4) is 0 Å². The number of aliphatic imine (C=N–C) groups is 1. The molecule has 47 heteroatoms. The lowest BCUT2D eigenvalue weighted by molar-refractivity contribution is -0.149. The highest BCUT2D eigenvalue weighted by atomic mass is 32.2. The van der Waals surface area contributed by atoms with Crippen LogP contribution in [0.4, 0.5) is 0 Å². The molecule has 4 aliphatic heterocycles. The number of para-hydroxylation sites is 2. The number of aromatic nitrogens is 2. The topological polar surface area (TPSA) is 684 Å². The zero-order chi connectivity index (χ0) is 102. The number of rotatable bonds is 28. The number of amides is 17. The van der Waals surface area contributed by atoms with Crippen molar-refractivity contribution in [1.82, 2.24) is 87.2 Å². The number of aliphatic hydroxyl groups excluding tert-OH is 2. The van der Waals surface area contributed by atoms with Crippen molar-refractivity contribution in [3.05, 3.63) is 114 Å². The van der Waals surface area contributed by atoms with Gasteiger partial charge in [0.1, 0.15) is 96.9 Å². The Balaban J connectivity index is 1.12. The number of H-pyrrole nitrogens is 1. The highest BCUT2D eigenvalue weighted by Gasteiger charge is 2.47. The van der Waals surface area contributed by atoms with Gasteiger partial charge in [-0.25, -0.2) is 0 Å². The second-order valence-electron chi connectivity index (χ2n) is 34.8. The molecule has 9 rings (SSSR count). The highest BCUT2D eigenvalue weighted by Crippen LogP contribution is 2.29. The lowest BCUT2D eigenvalue weighted by atomic mass is 10.00. The number of hydrogen-bond donors (Lipinski definition) is 19. The summed E-state index contributed by atoms with van der Waals surface area (Å²) >= 11 is 0.670. The molecule has 17 amide bonds. The fourth-order valence-electron chi connectivity index (χ4n) is 17.0. The Morgan fingerprint density at radius 2 is 1.11 bits per heavy atom. The number of carbonyl (C=O) groups excluding carboxylic acids is 17. The average molecular weight is 1960 g/mol. The molecule has 3 fully saturated rings. The molecule has 0 bridgehead atoms. The average Bonchev–Trinajstić information content (AvgIpc) is 1.64. The number of thioether (sulfide) groups is 1. The first kappa shape index (κ1) is 108. The van der Waals surface area contributed by atoms with Gasteiger partial charge >= 0.3 is 17.9 Å². The van der Waals surface area contributed by atoms with E-state index in [4.69, 9.17) is 11.5 Å². The molecule has 2 aromatic heterocycles. The van der Waals surface area contributed by atoms with Crippen LogP contribution in [0.5, 0.6) is 5.75 Å². The maximum Gasteiger partial charge on any atom is 0.323 e. The van der Waals surface area contributed by atoms with Crippen molar-refractivity contribution < 1.29 is 127 Å². The summed E-state index contributed by atoms with van der Waals surface area (Å²) in [7, 11) is 3.62. The van der Waals surface area contributed by atoms with Gasteiger partial charge in [0.15, 0.2) is 0 Å². The van der Waals surface area contributed by atoms with Gasteiger partial charge in [-0.3, -0.25) is 101 Å². The smallest absolute Gasteiger partial charge is 0.323 e. The maximum absolute atomic E-state index is 15.9. The zero-order valence-electron chi connectivity index (χ0n) is 77.8. The quantitative estimate of drug-likeness (QED) is 0.0235. The second kappa shape index (κ2) is 51.2. The number of nitrogens with zero attached hydrogens (tertiary/aromatic N) is 7. The first-order valence-electron chi connectivity index (χ1n) is 45.7. The minimum Gasteiger partial charge on any atom is -0.508 e. The summed E-state index contributed by atoms with van der Waals surface area (Å²) in [6, 6.07) is -5.45. The highest BCUT2D eigenvalue weighted by molar-refractivity contribution is 8.00. The Morgan fingerprint density at radius 3 is 1.75 bits per heavy atom. The number of carboxylic acids is 3. The number of aromatic hydroxyl groups is 1. The van der Waals surface area contributed by atoms with Crippen molar-refractivity contribution in [1.29, 1.82) is 0 Å². The standard InChI is InChI=1S/C92H122N20O26S/c1-7-9-19-69-85(131)99-59(28-30-76(119)120)81(127)106-67(80(126)97-42-74(94)117)47-139-48-75(118)98-63(34-50-23-25-54(114)26-24-50)88(134)107(4)49(3)79(125)103-65(39-77(121)122)91(137)111-33-15-22-70(111)86(132)101-61(35-51-31-32-95-40-51)82(128)100-60(27-29-73(93)116)90(136)112-44-55(115)38-72(112)87(133)102-62(36-52-41-96-58-18-13-11-16-56(52)58)83(129)105-66(46-113)84(130)104-64(89(135)109(6)71(20-10-8-2)92(138)108(69)5)37-53-43-110(45-78(123)124)68-21-14-12-17-57(53)68/h11-14,16-18,21,23-26,32,40-41,43,49,55,59-67,69-72,96,113-115H,7-10,15,19-20,22,27-31,33-39,42,44-48H2,1-6H3,(H2,93,116)(H2,94,117)(H,97,126)(H,98,118)(H,99,131)(H,100,128)(H,101,132)(H,102,133)(H,103,125)(H,104,130)(H,105,129)(H,106,127)(H,119,120)(H,121,122)(H,123,124)/t49-,55+,59-,60-,61-,62-,63-,64-,65-,66-,67-,69-,70-,71-,72-/m0/s1. The molecule has 6 heterocycles. The van der Waals surface area contributed by atoms with Gasteiger partial charge in [-0.1, -0.05) is 88.1 Å². The first-order valence-corrected chi connectivity index (χ1v) is 46.8. The van der Waals surface area contributed by atoms with Gasteiger partial charge in [-0.2, -0.15) is 0 Å². The van der Waals surface area contributed by atoms with E-state index >= 15 is 38.4 Å². The number of likely N-dealkylation sites (N-methyl/N-ethyl adjacent to an activating group) is 3. The Morgan fingerprint density at radius 1 is 0.540 bits per heavy atom. The molecule has 5 aromatic rings. The lowest BCUT2D eigenvalue weighted by Gasteiger charge is -2.36. The van der Waals surface area contributed by atoms with Crippen molar-refractivity contribution in [2.45, 2.75) is 240 Å². The number of nitrogens with two attached hydrogens (primary N) is 2. The molecular formula is C92H122N20O26S. The number of carbonyl (C=O) groups is 20. The molecule has 15 atom stereocenters. The molecule has 0 radical (unpaired) electrons. The fourth-order valence-corrected chi connectivity index (χ4v) is 17.8. The predicted octanol–water partition coefficient (Wildman–Crippen LogP) is -3.17. The molecule has 4 aliphatic rings. The van der Waals surface area contributed by atoms with E-state index < -0.39 is 298 Å². The Kier molecular flexibility index (Phi) is 39.8. The number of aromatic amines is 1. The largest absolute Gasteiger partial charge is 0.508 e. The number of aliphatic hydroxyl groups is 2. The summed E-state index contributed by atoms with van der Waals surface area (Å²) < 4.78 is 1.37. The van der Waals surface area contributed by atoms with Crippen molar-refractivity contribution in [2.24, 2.45) is 16.5 Å². The first-order chi connectivity index (χ1) is 66.1. The number of primary amides is 2. The number of aliphatic carboxylic acids is 3. The van der Waals surface area contributed by atoms with Crippen LogP contribution in [0.2, 0.25) is 0 Å². The van der Waals surface area contributed by atoms with Crippen LogP contribution < -0.4 is 64.6 Å². The number of nitrogens with one attached hydrogen (secondary N) is 11. The van der Waals surface area contributed by atoms with Crippen molar-refractivity contribution in [2.75, 3.05) is 58.9 Å². The Labute approximate surface area is 802 Å². The Hall–Kier alpha value is -14.4. The number of hydrogen-bond acceptors (Lipinski definition) is 25. The van der Waals surface area contributed by atoms with Gasteiger partial charge in [0.05, 0.1) is 31.4 Å². The molecule has 139 heavy (non-hydrogen) atoms. The summed E-state index contributed by atoms with van der Waals surface area (Å²) in [5.74, 6) is -23.8. The summed E-state index contributed by atoms with van der Waals surface area (Å²) in [5, 5.41) is 89.5. The molecule has 0 unspecified atom stereocenters. The second-order valence-corrected chi connectivity index (χ2v) is 35.8. The number of carboxylic acid groups (broad SMARTS) is 3. The van der Waals surface area contributed by atoms with Crippen LogP contribution in [0.25, 0.3) is 21.8 Å². The minimum absolute atomic E-state index is 0.101. The van der Waals surface area contributed by atoms with Gasteiger partial charge in [-0.05, 0) is 98.4 Å². The molecule has 0 saturated carbocycles. The van der Waals surface area contributed by atoms with Crippen LogP contribution in [0.1, 0.15) is 140 Å². The summed E-state index contributed by atoms with van der Waals surface area (Å²) in [5.41, 5.74) is 13.4. The van der Waals surface area contributed by atoms with E-state index in [9.17, 15) is 88.2 Å². The van der Waals surface area contributed by atoms with E-state index in [1.54, 1.807) is 62.4 Å². The van der Waals surface area contributed by atoms with Crippen LogP contribution >= 0.6 is 11.8 Å². The monoisotopic (exact) mass is 1950 g/mol. The zero-order valence-corrected chi connectivity index (χ0v) is 78.6. The summed E-state index contributed by atoms with van der Waals surface area (Å²) in [4.78, 5) is 299. The predicted molar refractivity (Wildman–Crippen MR) is 500 cm³/mol. The van der Waals surface area contributed by atoms with Crippen molar-refractivity contribution in [3.8, 4) is 5.75 Å². The third-order valence-electron chi connectivity index (χ3n) is 24.6. The van der Waals surface area contributed by atoms with Gasteiger partial charge in [0, 0.05) is 132 Å². The molecule has 0 spiro atoms. The number of phenolic OH excluding ortho intramolecular Hbond substituents is 1. The number of fused-ring (bicyclic) bond motifs is 4. The number of benzene rings is 3. The van der Waals surface area contributed by atoms with Gasteiger partial charge < -0.3 is 129 Å². The van der Waals surface area contributed by atoms with Crippen molar-refractivity contribution >= 4 is 158 Å². The van der Waals surface area contributed by atoms with E-state index in [0.29, 0.717) is 63.1 Å². The summed E-state index contributed by atoms with van der Waals surface area (Å²) in [6.07, 6.45) is -0.296. The third-order valence-corrected chi connectivity index (χ3v) is 25.7. The molecule has 752 valence electrons. The Bertz CT molecular complexity index is 5450. The van der Waals surface area contributed by atoms with E-state index in [-0.39, 0.29) is 75.6 Å². The minimum atomic E-state index is -2.03. The maximum atomic E-state index is 15.9. The lowest BCUT2D eigenvalue weighted by Crippen LogP contribution is -2.61. The molecule has 46 nitrogen and oxygen atoms in total. The molecule has 0 aliphatic carbocycles. The van der Waals surface area contributed by atoms with Crippen LogP contribution in [-0.2, 0) is 122 Å². The molecule has 3 saturated heterocycles. The van der Waals surface area contributed by atoms with Crippen molar-refractivity contribution in [3.63, 3.8) is 0 Å². The van der Waals surface area contributed by atoms with E-state index in [1.807, 2.05) is 0 Å². The number of unbranched alkanes of at least 4 members (excludes halogenated alkanes) is 2. The SMILES string of the molecule is CCCC[C@H]1C(=O)N(C)[C@@H](CCCC)C(=O)N[C@@H](CCC(=O)O)C(=O)N[C@H](C(=O)NCC(N)=O)CSCC(=O)N[C@@H](Cc2ccc(O)cc2)C(=O)N(C)[C@@H](C)C(=O)N[C@@H](CC(=O)O)C(=O)N2CCC[C@H]2C(=O)N[C@@H](CC2=CN=CC2)C(=O)N[C@@H](CCC(N)=O)C(=O)N2C[C@H](O)C[C@H]2C(=O)N[C@@H](Cc2c[nH]c3ccccc23)C(=O)N[C@@H](CO)C(=O)N[C@@H](Cc2cn(CC(=O)O)c3ccccc23)C(=O)N1C.